The number of aromatic hydroxyl groups is 6. The first-order valence-corrected chi connectivity index (χ1v) is 35.5. The molecule has 0 spiro atoms. The van der Waals surface area contributed by atoms with E-state index in [1.54, 1.807) is 0 Å². The summed E-state index contributed by atoms with van der Waals surface area (Å²) in [6, 6.07) is 14.1. The third kappa shape index (κ3) is 20.6. The Morgan fingerprint density at radius 1 is 0.444 bits per heavy atom. The lowest BCUT2D eigenvalue weighted by molar-refractivity contribution is -0.352. The van der Waals surface area contributed by atoms with E-state index in [1.807, 2.05) is 0 Å². The highest BCUT2D eigenvalue weighted by molar-refractivity contribution is 5.90. The number of phenols is 6. The van der Waals surface area contributed by atoms with Crippen LogP contribution in [0.5, 0.6) is 46.0 Å². The van der Waals surface area contributed by atoms with E-state index in [4.69, 9.17) is 76.2 Å². The highest BCUT2D eigenvalue weighted by atomic mass is 16.8. The van der Waals surface area contributed by atoms with Gasteiger partial charge in [-0.2, -0.15) is 0 Å². The third-order valence-corrected chi connectivity index (χ3v) is 19.0. The molecule has 42 heteroatoms. The summed E-state index contributed by atoms with van der Waals surface area (Å²) < 4.78 is 88.1. The van der Waals surface area contributed by atoms with Crippen LogP contribution in [0, 0.1) is 0 Å². The number of ether oxygens (including phenoxy) is 15. The summed E-state index contributed by atoms with van der Waals surface area (Å²) in [7, 11) is 0. The predicted molar refractivity (Wildman–Crippen MR) is 379 cm³/mol. The number of esters is 4. The van der Waals surface area contributed by atoms with Crippen LogP contribution < -0.4 is 9.47 Å². The molecule has 0 aromatic heterocycles. The zero-order valence-corrected chi connectivity index (χ0v) is 60.7. The van der Waals surface area contributed by atoms with Crippen molar-refractivity contribution in [2.24, 2.45) is 0 Å². The number of fused-ring (bicyclic) bond motifs is 1. The van der Waals surface area contributed by atoms with Gasteiger partial charge in [0, 0.05) is 41.5 Å². The van der Waals surface area contributed by atoms with Gasteiger partial charge in [-0.15, -0.1) is 0 Å². The van der Waals surface area contributed by atoms with Gasteiger partial charge in [0.2, 0.25) is 30.9 Å². The number of carboxylic acids is 1. The molecule has 11 rings (SSSR count). The van der Waals surface area contributed by atoms with Crippen LogP contribution >= 0.6 is 0 Å². The Morgan fingerprint density at radius 3 is 1.38 bits per heavy atom. The van der Waals surface area contributed by atoms with Gasteiger partial charge in [-0.1, -0.05) is 24.3 Å². The van der Waals surface area contributed by atoms with Crippen LogP contribution in [-0.4, -0.2) is 328 Å². The van der Waals surface area contributed by atoms with E-state index in [1.165, 1.54) is 49.4 Å². The Bertz CT molecular complexity index is 4320. The quantitative estimate of drug-likeness (QED) is 0.00887. The summed E-state index contributed by atoms with van der Waals surface area (Å²) >= 11 is 0. The molecule has 1 aliphatic carbocycles. The lowest BCUT2D eigenvalue weighted by Crippen LogP contribution is -2.64. The van der Waals surface area contributed by atoms with Gasteiger partial charge in [0.1, 0.15) is 153 Å². The zero-order chi connectivity index (χ0) is 84.7. The van der Waals surface area contributed by atoms with Crippen molar-refractivity contribution in [3.8, 4) is 46.0 Å². The van der Waals surface area contributed by atoms with E-state index >= 15 is 0 Å². The second-order valence-corrected chi connectivity index (χ2v) is 27.3. The van der Waals surface area contributed by atoms with Gasteiger partial charge in [0.15, 0.2) is 64.5 Å². The lowest BCUT2D eigenvalue weighted by Gasteiger charge is -2.46. The molecule has 26 atom stereocenters. The second kappa shape index (κ2) is 37.6. The number of aliphatic carboxylic acids is 1. The van der Waals surface area contributed by atoms with E-state index in [2.05, 4.69) is 0 Å². The highest BCUT2D eigenvalue weighted by Crippen LogP contribution is 2.47. The fourth-order valence-electron chi connectivity index (χ4n) is 12.6. The average molecular weight is 1660 g/mol. The molecule has 6 aliphatic heterocycles. The van der Waals surface area contributed by atoms with E-state index in [9.17, 15) is 131 Å². The number of hydrogen-bond acceptors (Lipinski definition) is 41. The number of aliphatic hydroxyl groups excluding tert-OH is 15. The van der Waals surface area contributed by atoms with Gasteiger partial charge in [-0.3, -0.25) is 9.59 Å². The van der Waals surface area contributed by atoms with Gasteiger partial charge in [-0.25, -0.2) is 14.4 Å². The Balaban J connectivity index is 1.01. The molecule has 4 aromatic rings. The van der Waals surface area contributed by atoms with E-state index < -0.39 is 291 Å². The first kappa shape index (κ1) is 87.1. The standard InChI is InChI=1S/C75H82O42/c1-28-68(117-74-66(101)59(94)55(90)45(24-76)112-74)70(116-52(87)15-6-29-2-9-33(77)10-3-29)67(102)75(106-28)111-44-22-35-40(20-34(78)21-41(35)108-71-63(98)60(95)58(93)48(113-71)27-105-53(88)23-49(83)84)107-69(44)32-18-42(109-72-64(99)61(96)56(91)46(114-72)25-103-50(85)13-7-30-4-11-36(79)38(81)16-30)54(89)43(19-32)110-73-65(100)62(97)57(92)47(115-73)26-104-51(86)14-8-31-5-12-37(80)39(82)17-31/h2-22,28,40,45-48,55-68,70-82,89-102H,23-27H2,1H3,(H,83,84). The van der Waals surface area contributed by atoms with Crippen LogP contribution in [0.25, 0.3) is 24.0 Å². The number of hydrogen-bond donors (Lipinski definition) is 22. The van der Waals surface area contributed by atoms with Gasteiger partial charge in [0.05, 0.1) is 12.7 Å². The van der Waals surface area contributed by atoms with E-state index in [0.29, 0.717) is 5.56 Å². The summed E-state index contributed by atoms with van der Waals surface area (Å²) in [4.78, 5) is 63.7. The maximum absolute atomic E-state index is 14.0. The number of carbonyl (C=O) groups is 5. The molecule has 42 nitrogen and oxygen atoms in total. The number of phenolic OH excluding ortho intramolecular Hbond substituents is 6. The van der Waals surface area contributed by atoms with Crippen molar-refractivity contribution in [2.45, 2.75) is 173 Å². The minimum atomic E-state index is -2.38. The first-order chi connectivity index (χ1) is 55.5. The number of rotatable bonds is 27. The maximum atomic E-state index is 14.0. The average Bonchev–Trinajstić information content (AvgIpc) is 0.756. The topological polar surface area (TPSA) is 669 Å². The summed E-state index contributed by atoms with van der Waals surface area (Å²) in [5.41, 5.74) is -0.145. The van der Waals surface area contributed by atoms with Gasteiger partial charge in [0.25, 0.3) is 0 Å². The molecule has 4 aromatic carbocycles. The van der Waals surface area contributed by atoms with Gasteiger partial charge < -0.3 is 183 Å². The minimum Gasteiger partial charge on any atom is -0.508 e. The zero-order valence-electron chi connectivity index (χ0n) is 60.7. The van der Waals surface area contributed by atoms with Gasteiger partial charge >= 0.3 is 29.8 Å². The summed E-state index contributed by atoms with van der Waals surface area (Å²) in [5, 5.41) is 239. The molecule has 0 saturated carbocycles. The summed E-state index contributed by atoms with van der Waals surface area (Å²) in [6.07, 6.45) is -45.7. The Kier molecular flexibility index (Phi) is 28.0. The molecule has 5 fully saturated rings. The second-order valence-electron chi connectivity index (χ2n) is 27.3. The molecule has 634 valence electrons. The highest BCUT2D eigenvalue weighted by Gasteiger charge is 2.55. The number of allylic oxidation sites excluding steroid dienone is 2. The lowest BCUT2D eigenvalue weighted by atomic mass is 9.95. The van der Waals surface area contributed by atoms with Crippen molar-refractivity contribution in [3.05, 3.63) is 154 Å². The van der Waals surface area contributed by atoms with Crippen LogP contribution in [0.4, 0.5) is 0 Å². The number of carbonyl (C=O) groups excluding carboxylic acids is 4. The molecular weight excluding hydrogens is 1570 g/mol. The van der Waals surface area contributed by atoms with Crippen LogP contribution in [0.15, 0.2) is 132 Å². The smallest absolute Gasteiger partial charge is 0.331 e. The third-order valence-electron chi connectivity index (χ3n) is 19.0. The largest absolute Gasteiger partial charge is 0.508 e. The van der Waals surface area contributed by atoms with Crippen molar-refractivity contribution in [1.82, 2.24) is 0 Å². The number of carboxylic acid groups (broad SMARTS) is 1. The molecule has 5 saturated heterocycles. The van der Waals surface area contributed by atoms with Crippen LogP contribution in [0.1, 0.15) is 35.6 Å². The van der Waals surface area contributed by atoms with E-state index in [-0.39, 0.29) is 22.4 Å². The van der Waals surface area contributed by atoms with Crippen LogP contribution in [0.3, 0.4) is 0 Å². The fourth-order valence-corrected chi connectivity index (χ4v) is 12.6. The summed E-state index contributed by atoms with van der Waals surface area (Å²) in [6.45, 7) is -2.53. The van der Waals surface area contributed by atoms with Crippen molar-refractivity contribution >= 4 is 53.8 Å². The Morgan fingerprint density at radius 2 is 0.889 bits per heavy atom. The predicted octanol–water partition coefficient (Wildman–Crippen LogP) is -4.09. The molecule has 7 aliphatic rings. The van der Waals surface area contributed by atoms with Crippen LogP contribution in [-0.2, 0) is 85.6 Å². The van der Waals surface area contributed by atoms with Crippen LogP contribution in [0.2, 0.25) is 0 Å². The van der Waals surface area contributed by atoms with Crippen molar-refractivity contribution in [2.75, 3.05) is 26.4 Å². The van der Waals surface area contributed by atoms with Crippen molar-refractivity contribution in [1.29, 1.82) is 0 Å². The monoisotopic (exact) mass is 1650 g/mol. The van der Waals surface area contributed by atoms with E-state index in [0.717, 1.165) is 85.0 Å². The molecule has 0 amide bonds. The molecule has 117 heavy (non-hydrogen) atoms. The normalized spacial score (nSPS) is 33.1. The number of benzene rings is 4. The molecule has 0 radical (unpaired) electrons. The summed E-state index contributed by atoms with van der Waals surface area (Å²) in [5.74, 6) is -14.5. The molecule has 6 heterocycles. The maximum Gasteiger partial charge on any atom is 0.331 e. The molecule has 0 bridgehead atoms. The molecule has 22 N–H and O–H groups in total. The molecule has 26 unspecified atom stereocenters. The molecular formula is C75H82O42. The van der Waals surface area contributed by atoms with Gasteiger partial charge in [-0.05, 0) is 96.4 Å². The van der Waals surface area contributed by atoms with Crippen molar-refractivity contribution < 1.29 is 207 Å². The Hall–Kier alpha value is -10.8. The fraction of sp³-hybridized carbons (Fsp3) is 0.427. The van der Waals surface area contributed by atoms with Crippen molar-refractivity contribution in [3.63, 3.8) is 0 Å². The number of aliphatic hydroxyl groups is 15. The first-order valence-electron chi connectivity index (χ1n) is 35.5. The SMILES string of the molecule is CC1OC(OC2=C(c3cc(OC4OC(COC(=O)C=Cc5ccc(O)c(O)c5)C(O)C(O)C4O)c(O)c(OC4OC(COC(=O)C=Cc5ccc(O)c(O)c5)C(O)C(O)C4O)c3)OC3C=C(O)C=C(OC4OC(COC(=O)CC(=O)O)C(O)C(O)C4O)C3=C2)C(O)C(OC(=O)C=Cc2ccc(O)cc2)C1OC1OC(CO)C(O)C(O)C1O. The Labute approximate surface area is 658 Å². The minimum absolute atomic E-state index is 0.144.